The molecule has 0 heterocycles. The van der Waals surface area contributed by atoms with Gasteiger partial charge in [-0.2, -0.15) is 0 Å². The maximum absolute atomic E-state index is 11.5. The van der Waals surface area contributed by atoms with Gasteiger partial charge in [-0.05, 0) is 39.5 Å². The second-order valence-electron chi connectivity index (χ2n) is 3.63. The van der Waals surface area contributed by atoms with Crippen molar-refractivity contribution in [3.05, 3.63) is 47.5 Å². The number of carbonyl (C=O) groups is 2. The topological polar surface area (TPSA) is 34.1 Å². The fourth-order valence-corrected chi connectivity index (χ4v) is 2.21. The third-order valence-corrected chi connectivity index (χ3v) is 2.86. The van der Waals surface area contributed by atoms with E-state index in [0.29, 0.717) is 11.1 Å². The summed E-state index contributed by atoms with van der Waals surface area (Å²) < 4.78 is 0. The summed E-state index contributed by atoms with van der Waals surface area (Å²) in [4.78, 5) is 22.4. The molecule has 2 aromatic carbocycles. The van der Waals surface area contributed by atoms with Gasteiger partial charge in [-0.3, -0.25) is 9.59 Å². The summed E-state index contributed by atoms with van der Waals surface area (Å²) in [5, 5.41) is 0.555. The number of hydrogen-bond acceptors (Lipinski definition) is 2. The minimum atomic E-state index is -0.574. The Morgan fingerprint density at radius 3 is 2.35 bits per heavy atom. The Morgan fingerprint density at radius 1 is 1.00 bits per heavy atom. The lowest BCUT2D eigenvalue weighted by molar-refractivity contribution is -0.111. The van der Waals surface area contributed by atoms with Crippen LogP contribution in [0.25, 0.3) is 10.8 Å². The van der Waals surface area contributed by atoms with E-state index in [2.05, 4.69) is 0 Å². The van der Waals surface area contributed by atoms with Crippen LogP contribution >= 0.6 is 23.2 Å². The Hall–Kier alpha value is -1.38. The number of halogens is 2. The predicted molar refractivity (Wildman–Crippen MR) is 68.7 cm³/mol. The van der Waals surface area contributed by atoms with Gasteiger partial charge in [0.25, 0.3) is 5.24 Å². The van der Waals surface area contributed by atoms with Crippen molar-refractivity contribution >= 4 is 44.5 Å². The molecule has 0 unspecified atom stereocenters. The van der Waals surface area contributed by atoms with E-state index >= 15 is 0 Å². The lowest BCUT2D eigenvalue weighted by Gasteiger charge is -2.07. The maximum atomic E-state index is 11.5. The van der Waals surface area contributed by atoms with Gasteiger partial charge in [0, 0.05) is 12.0 Å². The molecule has 0 amide bonds. The summed E-state index contributed by atoms with van der Waals surface area (Å²) in [5.41, 5.74) is 0.919. The highest BCUT2D eigenvalue weighted by molar-refractivity contribution is 6.69. The number of carbonyl (C=O) groups excluding carboxylic acids is 2. The van der Waals surface area contributed by atoms with Crippen LogP contribution in [-0.2, 0) is 11.2 Å². The first-order chi connectivity index (χ1) is 8.09. The van der Waals surface area contributed by atoms with Crippen molar-refractivity contribution in [3.63, 3.8) is 0 Å². The minimum Gasteiger partial charge on any atom is -0.281 e. The first-order valence-electron chi connectivity index (χ1n) is 4.98. The molecule has 0 aliphatic carbocycles. The van der Waals surface area contributed by atoms with Crippen LogP contribution in [0.4, 0.5) is 0 Å². The second-order valence-corrected chi connectivity index (χ2v) is 4.39. The Bertz CT molecular complexity index is 605. The summed E-state index contributed by atoms with van der Waals surface area (Å²) >= 11 is 10.9. The highest BCUT2D eigenvalue weighted by Crippen LogP contribution is 2.25. The van der Waals surface area contributed by atoms with Crippen molar-refractivity contribution in [2.24, 2.45) is 0 Å². The SMILES string of the molecule is O=C(Cl)Cc1ccc2ccccc2c1C(=O)Cl. The Morgan fingerprint density at radius 2 is 1.71 bits per heavy atom. The van der Waals surface area contributed by atoms with Gasteiger partial charge in [-0.25, -0.2) is 0 Å². The van der Waals surface area contributed by atoms with E-state index < -0.39 is 10.5 Å². The molecule has 0 saturated heterocycles. The van der Waals surface area contributed by atoms with Crippen molar-refractivity contribution < 1.29 is 9.59 Å². The fourth-order valence-electron chi connectivity index (χ4n) is 1.85. The molecule has 0 N–H and O–H groups in total. The van der Waals surface area contributed by atoms with Crippen LogP contribution in [0.5, 0.6) is 0 Å². The standard InChI is InChI=1S/C13H8Cl2O2/c14-11(16)7-9-6-5-8-3-1-2-4-10(8)12(9)13(15)17/h1-6H,7H2. The average molecular weight is 267 g/mol. The molecule has 0 atom stereocenters. The zero-order chi connectivity index (χ0) is 12.4. The third-order valence-electron chi connectivity index (χ3n) is 2.54. The van der Waals surface area contributed by atoms with Crippen molar-refractivity contribution in [2.75, 3.05) is 0 Å². The van der Waals surface area contributed by atoms with Gasteiger partial charge in [-0.15, -0.1) is 0 Å². The molecule has 0 saturated carbocycles. The normalized spacial score (nSPS) is 10.5. The van der Waals surface area contributed by atoms with Gasteiger partial charge >= 0.3 is 0 Å². The van der Waals surface area contributed by atoms with Crippen molar-refractivity contribution in [3.8, 4) is 0 Å². The molecule has 2 rings (SSSR count). The van der Waals surface area contributed by atoms with Crippen LogP contribution in [0.3, 0.4) is 0 Å². The Kier molecular flexibility index (Phi) is 3.46. The highest BCUT2D eigenvalue weighted by Gasteiger charge is 2.14. The summed E-state index contributed by atoms with van der Waals surface area (Å²) in [6, 6.07) is 10.9. The zero-order valence-electron chi connectivity index (χ0n) is 8.74. The van der Waals surface area contributed by atoms with E-state index in [-0.39, 0.29) is 6.42 Å². The molecule has 2 nitrogen and oxygen atoms in total. The molecular weight excluding hydrogens is 259 g/mol. The molecule has 86 valence electrons. The van der Waals surface area contributed by atoms with Gasteiger partial charge in [-0.1, -0.05) is 36.4 Å². The monoisotopic (exact) mass is 266 g/mol. The smallest absolute Gasteiger partial charge is 0.253 e. The number of fused-ring (bicyclic) bond motifs is 1. The minimum absolute atomic E-state index is 0.000182. The van der Waals surface area contributed by atoms with E-state index in [0.717, 1.165) is 10.8 Å². The quantitative estimate of drug-likeness (QED) is 0.797. The lowest BCUT2D eigenvalue weighted by Crippen LogP contribution is -2.02. The molecule has 0 aromatic heterocycles. The number of rotatable bonds is 3. The Labute approximate surface area is 108 Å². The molecule has 0 radical (unpaired) electrons. The predicted octanol–water partition coefficient (Wildman–Crippen LogP) is 3.53. The van der Waals surface area contributed by atoms with Crippen molar-refractivity contribution in [1.29, 1.82) is 0 Å². The molecule has 0 aliphatic heterocycles. The van der Waals surface area contributed by atoms with Crippen LogP contribution in [-0.4, -0.2) is 10.5 Å². The molecule has 0 spiro atoms. The van der Waals surface area contributed by atoms with Crippen molar-refractivity contribution in [2.45, 2.75) is 6.42 Å². The van der Waals surface area contributed by atoms with Crippen LogP contribution in [0, 0.1) is 0 Å². The average Bonchev–Trinajstić information content (AvgIpc) is 2.27. The van der Waals surface area contributed by atoms with Crippen molar-refractivity contribution in [1.82, 2.24) is 0 Å². The van der Waals surface area contributed by atoms with E-state index in [4.69, 9.17) is 23.2 Å². The van der Waals surface area contributed by atoms with E-state index in [9.17, 15) is 9.59 Å². The molecule has 17 heavy (non-hydrogen) atoms. The first-order valence-corrected chi connectivity index (χ1v) is 5.74. The molecular formula is C13H8Cl2O2. The molecule has 0 bridgehead atoms. The van der Waals surface area contributed by atoms with Gasteiger partial charge in [0.2, 0.25) is 5.24 Å². The van der Waals surface area contributed by atoms with Crippen LogP contribution < -0.4 is 0 Å². The molecule has 2 aromatic rings. The second kappa shape index (κ2) is 4.86. The van der Waals surface area contributed by atoms with E-state index in [1.165, 1.54) is 0 Å². The zero-order valence-corrected chi connectivity index (χ0v) is 10.3. The van der Waals surface area contributed by atoms with E-state index in [1.54, 1.807) is 12.1 Å². The van der Waals surface area contributed by atoms with Gasteiger partial charge in [0.1, 0.15) is 0 Å². The molecule has 0 aliphatic rings. The van der Waals surface area contributed by atoms with Crippen LogP contribution in [0.1, 0.15) is 15.9 Å². The van der Waals surface area contributed by atoms with Gasteiger partial charge in [0.15, 0.2) is 0 Å². The van der Waals surface area contributed by atoms with Gasteiger partial charge in [0.05, 0.1) is 0 Å². The summed E-state index contributed by atoms with van der Waals surface area (Å²) in [6.07, 6.45) is 0.000182. The third kappa shape index (κ3) is 2.48. The fraction of sp³-hybridized carbons (Fsp3) is 0.0769. The first kappa shape index (κ1) is 12.1. The number of benzene rings is 2. The molecule has 0 fully saturated rings. The van der Waals surface area contributed by atoms with Crippen LogP contribution in [0.15, 0.2) is 36.4 Å². The molecule has 4 heteroatoms. The van der Waals surface area contributed by atoms with Crippen LogP contribution in [0.2, 0.25) is 0 Å². The van der Waals surface area contributed by atoms with E-state index in [1.807, 2.05) is 24.3 Å². The lowest BCUT2D eigenvalue weighted by atomic mass is 9.98. The highest BCUT2D eigenvalue weighted by atomic mass is 35.5. The maximum Gasteiger partial charge on any atom is 0.253 e. The largest absolute Gasteiger partial charge is 0.281 e. The summed E-state index contributed by atoms with van der Waals surface area (Å²) in [5.74, 6) is 0. The summed E-state index contributed by atoms with van der Waals surface area (Å²) in [6.45, 7) is 0. The number of hydrogen-bond donors (Lipinski definition) is 0. The van der Waals surface area contributed by atoms with Gasteiger partial charge < -0.3 is 0 Å². The summed E-state index contributed by atoms with van der Waals surface area (Å²) in [7, 11) is 0. The Balaban J connectivity index is 2.72.